The molecular formula is C12H17NO4. The summed E-state index contributed by atoms with van der Waals surface area (Å²) in [4.78, 5) is 11.2. The molecule has 0 aromatic heterocycles. The molecule has 1 rings (SSSR count). The number of carbonyl (C=O) groups is 1. The SMILES string of the molecule is CCOC(Cc1ccc(N)cc1)(OC)C(=O)O. The predicted molar refractivity (Wildman–Crippen MR) is 63.6 cm³/mol. The number of nitrogen functional groups attached to an aromatic ring is 1. The van der Waals surface area contributed by atoms with Crippen molar-refractivity contribution >= 4 is 11.7 Å². The summed E-state index contributed by atoms with van der Waals surface area (Å²) in [6, 6.07) is 6.93. The Labute approximate surface area is 100 Å². The van der Waals surface area contributed by atoms with Gasteiger partial charge in [-0.2, -0.15) is 0 Å². The Hall–Kier alpha value is -1.59. The van der Waals surface area contributed by atoms with Crippen molar-refractivity contribution in [3.63, 3.8) is 0 Å². The van der Waals surface area contributed by atoms with Crippen LogP contribution >= 0.6 is 0 Å². The monoisotopic (exact) mass is 239 g/mol. The first kappa shape index (κ1) is 13.5. The Morgan fingerprint density at radius 2 is 2.00 bits per heavy atom. The maximum absolute atomic E-state index is 11.2. The summed E-state index contributed by atoms with van der Waals surface area (Å²) in [6.07, 6.45) is 0.132. The van der Waals surface area contributed by atoms with Gasteiger partial charge < -0.3 is 20.3 Å². The summed E-state index contributed by atoms with van der Waals surface area (Å²) < 4.78 is 10.2. The lowest BCUT2D eigenvalue weighted by atomic mass is 10.0. The molecule has 0 amide bonds. The van der Waals surface area contributed by atoms with Crippen molar-refractivity contribution in [2.45, 2.75) is 19.1 Å². The van der Waals surface area contributed by atoms with Crippen molar-refractivity contribution in [2.24, 2.45) is 0 Å². The van der Waals surface area contributed by atoms with Gasteiger partial charge in [-0.15, -0.1) is 0 Å². The van der Waals surface area contributed by atoms with Gasteiger partial charge in [0, 0.05) is 25.8 Å². The number of hydrogen-bond donors (Lipinski definition) is 2. The van der Waals surface area contributed by atoms with E-state index in [4.69, 9.17) is 15.2 Å². The third kappa shape index (κ3) is 3.18. The standard InChI is InChI=1S/C12H17NO4/c1-3-17-12(16-2,11(14)15)8-9-4-6-10(13)7-5-9/h4-7H,3,8,13H2,1-2H3,(H,14,15). The van der Waals surface area contributed by atoms with Crippen molar-refractivity contribution in [1.82, 2.24) is 0 Å². The summed E-state index contributed by atoms with van der Waals surface area (Å²) in [5, 5.41) is 9.20. The molecular weight excluding hydrogens is 222 g/mol. The van der Waals surface area contributed by atoms with Crippen molar-refractivity contribution in [3.8, 4) is 0 Å². The lowest BCUT2D eigenvalue weighted by Gasteiger charge is -2.27. The number of benzene rings is 1. The van der Waals surface area contributed by atoms with Crippen molar-refractivity contribution in [1.29, 1.82) is 0 Å². The number of aliphatic carboxylic acids is 1. The van der Waals surface area contributed by atoms with Crippen molar-refractivity contribution < 1.29 is 19.4 Å². The molecule has 94 valence electrons. The van der Waals surface area contributed by atoms with Crippen LogP contribution in [0.3, 0.4) is 0 Å². The van der Waals surface area contributed by atoms with Crippen LogP contribution in [0.5, 0.6) is 0 Å². The zero-order valence-corrected chi connectivity index (χ0v) is 9.97. The first-order chi connectivity index (χ1) is 8.04. The Bertz CT molecular complexity index is 377. The topological polar surface area (TPSA) is 81.8 Å². The molecule has 5 heteroatoms. The molecule has 17 heavy (non-hydrogen) atoms. The molecule has 5 nitrogen and oxygen atoms in total. The van der Waals surface area contributed by atoms with Gasteiger partial charge in [-0.3, -0.25) is 0 Å². The first-order valence-corrected chi connectivity index (χ1v) is 5.31. The number of carboxylic acid groups (broad SMARTS) is 1. The number of ether oxygens (including phenoxy) is 2. The van der Waals surface area contributed by atoms with Crippen molar-refractivity contribution in [2.75, 3.05) is 19.5 Å². The van der Waals surface area contributed by atoms with E-state index < -0.39 is 11.8 Å². The number of nitrogens with two attached hydrogens (primary N) is 1. The summed E-state index contributed by atoms with van der Waals surface area (Å²) in [7, 11) is 1.32. The Morgan fingerprint density at radius 1 is 1.41 bits per heavy atom. The van der Waals surface area contributed by atoms with E-state index in [1.165, 1.54) is 7.11 Å². The minimum atomic E-state index is -1.63. The number of anilines is 1. The maximum atomic E-state index is 11.2. The molecule has 1 unspecified atom stereocenters. The van der Waals surface area contributed by atoms with E-state index in [0.29, 0.717) is 5.69 Å². The lowest BCUT2D eigenvalue weighted by molar-refractivity contribution is -0.232. The first-order valence-electron chi connectivity index (χ1n) is 5.31. The van der Waals surface area contributed by atoms with Gasteiger partial charge in [0.15, 0.2) is 0 Å². The highest BCUT2D eigenvalue weighted by Crippen LogP contribution is 2.20. The predicted octanol–water partition coefficient (Wildman–Crippen LogP) is 1.28. The van der Waals surface area contributed by atoms with Crippen LogP contribution in [-0.4, -0.2) is 30.6 Å². The fourth-order valence-corrected chi connectivity index (χ4v) is 1.54. The summed E-state index contributed by atoms with van der Waals surface area (Å²) in [5.41, 5.74) is 6.98. The molecule has 1 atom stereocenters. The Balaban J connectivity index is 2.92. The number of rotatable bonds is 6. The van der Waals surface area contributed by atoms with E-state index in [0.717, 1.165) is 5.56 Å². The van der Waals surface area contributed by atoms with Crippen LogP contribution in [0.15, 0.2) is 24.3 Å². The van der Waals surface area contributed by atoms with Crippen LogP contribution in [0.4, 0.5) is 5.69 Å². The van der Waals surface area contributed by atoms with Gasteiger partial charge in [0.2, 0.25) is 0 Å². The molecule has 0 aliphatic rings. The molecule has 0 aliphatic carbocycles. The van der Waals surface area contributed by atoms with E-state index in [1.807, 2.05) is 0 Å². The molecule has 0 spiro atoms. The minimum Gasteiger partial charge on any atom is -0.477 e. The van der Waals surface area contributed by atoms with Crippen LogP contribution in [0.1, 0.15) is 12.5 Å². The second-order valence-corrected chi connectivity index (χ2v) is 3.61. The Kier molecular flexibility index (Phi) is 4.48. The molecule has 0 aliphatic heterocycles. The van der Waals surface area contributed by atoms with Crippen molar-refractivity contribution in [3.05, 3.63) is 29.8 Å². The van der Waals surface area contributed by atoms with Gasteiger partial charge in [0.1, 0.15) is 0 Å². The molecule has 0 fully saturated rings. The molecule has 1 aromatic carbocycles. The van der Waals surface area contributed by atoms with Gasteiger partial charge in [-0.25, -0.2) is 4.79 Å². The number of methoxy groups -OCH3 is 1. The zero-order valence-electron chi connectivity index (χ0n) is 9.97. The molecule has 0 saturated carbocycles. The fourth-order valence-electron chi connectivity index (χ4n) is 1.54. The highest BCUT2D eigenvalue weighted by Gasteiger charge is 2.40. The lowest BCUT2D eigenvalue weighted by Crippen LogP contribution is -2.45. The molecule has 1 aromatic rings. The zero-order chi connectivity index (χ0) is 12.9. The second-order valence-electron chi connectivity index (χ2n) is 3.61. The molecule has 3 N–H and O–H groups in total. The third-order valence-electron chi connectivity index (χ3n) is 2.45. The molecule has 0 saturated heterocycles. The minimum absolute atomic E-state index is 0.132. The van der Waals surface area contributed by atoms with E-state index >= 15 is 0 Å². The van der Waals surface area contributed by atoms with Crippen LogP contribution < -0.4 is 5.73 Å². The highest BCUT2D eigenvalue weighted by atomic mass is 16.7. The highest BCUT2D eigenvalue weighted by molar-refractivity contribution is 5.76. The number of hydrogen-bond acceptors (Lipinski definition) is 4. The molecule has 0 radical (unpaired) electrons. The van der Waals surface area contributed by atoms with Crippen LogP contribution in [0.2, 0.25) is 0 Å². The quantitative estimate of drug-likeness (QED) is 0.577. The normalized spacial score (nSPS) is 14.2. The van der Waals surface area contributed by atoms with E-state index in [2.05, 4.69) is 0 Å². The van der Waals surface area contributed by atoms with Gasteiger partial charge in [0.05, 0.1) is 0 Å². The summed E-state index contributed by atoms with van der Waals surface area (Å²) in [6.45, 7) is 1.98. The Morgan fingerprint density at radius 3 is 2.41 bits per heavy atom. The van der Waals surface area contributed by atoms with Crippen LogP contribution in [0, 0.1) is 0 Å². The average molecular weight is 239 g/mol. The van der Waals surface area contributed by atoms with Gasteiger partial charge in [-0.1, -0.05) is 12.1 Å². The largest absolute Gasteiger partial charge is 0.477 e. The van der Waals surface area contributed by atoms with E-state index in [1.54, 1.807) is 31.2 Å². The summed E-state index contributed by atoms with van der Waals surface area (Å²) >= 11 is 0. The molecule has 0 bridgehead atoms. The van der Waals surface area contributed by atoms with E-state index in [-0.39, 0.29) is 13.0 Å². The second kappa shape index (κ2) is 5.65. The van der Waals surface area contributed by atoms with Gasteiger partial charge in [-0.05, 0) is 24.6 Å². The third-order valence-corrected chi connectivity index (χ3v) is 2.45. The average Bonchev–Trinajstić information content (AvgIpc) is 2.31. The van der Waals surface area contributed by atoms with Crippen LogP contribution in [-0.2, 0) is 20.7 Å². The number of carboxylic acids is 1. The van der Waals surface area contributed by atoms with E-state index in [9.17, 15) is 9.90 Å². The summed E-state index contributed by atoms with van der Waals surface area (Å²) in [5.74, 6) is -2.77. The van der Waals surface area contributed by atoms with Gasteiger partial charge >= 0.3 is 5.97 Å². The smallest absolute Gasteiger partial charge is 0.364 e. The fraction of sp³-hybridized carbons (Fsp3) is 0.417. The maximum Gasteiger partial charge on any atom is 0.364 e. The van der Waals surface area contributed by atoms with Crippen LogP contribution in [0.25, 0.3) is 0 Å². The van der Waals surface area contributed by atoms with Gasteiger partial charge in [0.25, 0.3) is 5.79 Å². The molecule has 0 heterocycles.